The Morgan fingerprint density at radius 2 is 2.33 bits per heavy atom. The van der Waals surface area contributed by atoms with Crippen LogP contribution in [-0.2, 0) is 16.4 Å². The van der Waals surface area contributed by atoms with Crippen molar-refractivity contribution in [2.24, 2.45) is 0 Å². The van der Waals surface area contributed by atoms with E-state index in [0.717, 1.165) is 5.75 Å². The predicted octanol–water partition coefficient (Wildman–Crippen LogP) is 0.484. The van der Waals surface area contributed by atoms with Crippen LogP contribution >= 0.6 is 11.8 Å². The molecule has 0 aliphatic carbocycles. The van der Waals surface area contributed by atoms with Crippen molar-refractivity contribution in [3.05, 3.63) is 23.8 Å². The lowest BCUT2D eigenvalue weighted by molar-refractivity contribution is 0.0693. The van der Waals surface area contributed by atoms with Crippen LogP contribution in [0.3, 0.4) is 0 Å². The van der Waals surface area contributed by atoms with Crippen molar-refractivity contribution in [1.82, 2.24) is 14.9 Å². The molecule has 1 aromatic rings. The van der Waals surface area contributed by atoms with E-state index in [-0.39, 0.29) is 17.9 Å². The first kappa shape index (κ1) is 16.2. The highest BCUT2D eigenvalue weighted by molar-refractivity contribution is 8.01. The summed E-state index contributed by atoms with van der Waals surface area (Å²) in [4.78, 5) is 20.7. The second-order valence-corrected chi connectivity index (χ2v) is 8.24. The van der Waals surface area contributed by atoms with Gasteiger partial charge in [0.15, 0.2) is 9.84 Å². The molecule has 0 aromatic carbocycles. The Balaban J connectivity index is 2.26. The van der Waals surface area contributed by atoms with E-state index in [4.69, 9.17) is 5.11 Å². The Hall–Kier alpha value is -1.19. The maximum Gasteiger partial charge on any atom is 0.339 e. The lowest BCUT2D eigenvalue weighted by atomic mass is 10.2. The van der Waals surface area contributed by atoms with Gasteiger partial charge in [-0.3, -0.25) is 4.90 Å². The number of rotatable bonds is 5. The minimum atomic E-state index is -3.21. The third kappa shape index (κ3) is 3.72. The highest BCUT2D eigenvalue weighted by Crippen LogP contribution is 2.23. The van der Waals surface area contributed by atoms with Crippen molar-refractivity contribution in [2.45, 2.75) is 18.8 Å². The molecule has 1 aliphatic heterocycles. The maximum atomic E-state index is 12.2. The van der Waals surface area contributed by atoms with Crippen LogP contribution in [0.4, 0.5) is 0 Å². The Kier molecular flexibility index (Phi) is 5.17. The smallest absolute Gasteiger partial charge is 0.339 e. The molecule has 1 unspecified atom stereocenters. The number of carboxylic acid groups (broad SMARTS) is 1. The van der Waals surface area contributed by atoms with Gasteiger partial charge in [0.25, 0.3) is 0 Å². The molecular weight excluding hydrogens is 314 g/mol. The zero-order valence-electron chi connectivity index (χ0n) is 11.6. The van der Waals surface area contributed by atoms with Gasteiger partial charge in [0.2, 0.25) is 0 Å². The summed E-state index contributed by atoms with van der Waals surface area (Å²) < 4.78 is 24.3. The fourth-order valence-corrected chi connectivity index (χ4v) is 5.25. The number of aromatic nitrogens is 2. The zero-order valence-corrected chi connectivity index (χ0v) is 13.2. The first-order valence-electron chi connectivity index (χ1n) is 6.51. The summed E-state index contributed by atoms with van der Waals surface area (Å²) in [5.41, 5.74) is 0.365. The van der Waals surface area contributed by atoms with E-state index in [0.29, 0.717) is 18.0 Å². The minimum Gasteiger partial charge on any atom is -0.478 e. The van der Waals surface area contributed by atoms with Gasteiger partial charge in [-0.25, -0.2) is 23.2 Å². The number of aromatic carboxylic acids is 1. The third-order valence-corrected chi connectivity index (χ3v) is 6.72. The van der Waals surface area contributed by atoms with E-state index >= 15 is 0 Å². The maximum absolute atomic E-state index is 12.2. The van der Waals surface area contributed by atoms with Gasteiger partial charge in [-0.05, 0) is 0 Å². The van der Waals surface area contributed by atoms with Crippen LogP contribution in [-0.4, -0.2) is 63.5 Å². The predicted molar refractivity (Wildman–Crippen MR) is 80.0 cm³/mol. The lowest BCUT2D eigenvalue weighted by Gasteiger charge is -2.34. The number of hydrogen-bond acceptors (Lipinski definition) is 7. The normalized spacial score (nSPS) is 20.3. The van der Waals surface area contributed by atoms with Crippen LogP contribution in [0.25, 0.3) is 0 Å². The van der Waals surface area contributed by atoms with Gasteiger partial charge in [-0.15, -0.1) is 0 Å². The highest BCUT2D eigenvalue weighted by atomic mass is 32.2. The molecule has 1 aromatic heterocycles. The fraction of sp³-hybridized carbons (Fsp3) is 0.583. The molecule has 0 saturated carbocycles. The van der Waals surface area contributed by atoms with Crippen molar-refractivity contribution in [1.29, 1.82) is 0 Å². The number of carboxylic acids is 1. The molecule has 2 heterocycles. The molecule has 0 radical (unpaired) electrons. The quantitative estimate of drug-likeness (QED) is 0.832. The van der Waals surface area contributed by atoms with Crippen LogP contribution in [0.1, 0.15) is 23.0 Å². The second-order valence-electron chi connectivity index (χ2n) is 4.64. The summed E-state index contributed by atoms with van der Waals surface area (Å²) >= 11 is 1.60. The SMILES string of the molecule is CCS(=O)(=O)C1CSCCN1Cc1ncncc1C(=O)O. The van der Waals surface area contributed by atoms with E-state index in [1.807, 2.05) is 0 Å². The Bertz CT molecular complexity index is 621. The Morgan fingerprint density at radius 3 is 3.00 bits per heavy atom. The van der Waals surface area contributed by atoms with Crippen LogP contribution < -0.4 is 0 Å². The molecule has 1 atom stereocenters. The molecule has 0 spiro atoms. The number of hydrogen-bond donors (Lipinski definition) is 1. The third-order valence-electron chi connectivity index (χ3n) is 3.39. The molecule has 1 aliphatic rings. The van der Waals surface area contributed by atoms with Gasteiger partial charge in [0.05, 0.1) is 5.69 Å². The number of carbonyl (C=O) groups is 1. The van der Waals surface area contributed by atoms with E-state index in [2.05, 4.69) is 9.97 Å². The molecule has 1 N–H and O–H groups in total. The van der Waals surface area contributed by atoms with Crippen LogP contribution in [0.5, 0.6) is 0 Å². The number of thioether (sulfide) groups is 1. The molecule has 1 saturated heterocycles. The molecule has 0 amide bonds. The molecule has 1 fully saturated rings. The molecule has 2 rings (SSSR count). The van der Waals surface area contributed by atoms with Crippen LogP contribution in [0.15, 0.2) is 12.5 Å². The Morgan fingerprint density at radius 1 is 1.57 bits per heavy atom. The minimum absolute atomic E-state index is 0.0170. The monoisotopic (exact) mass is 331 g/mol. The first-order valence-corrected chi connectivity index (χ1v) is 9.38. The van der Waals surface area contributed by atoms with E-state index in [1.54, 1.807) is 23.6 Å². The molecule has 116 valence electrons. The van der Waals surface area contributed by atoms with Gasteiger partial charge in [-0.1, -0.05) is 6.92 Å². The van der Waals surface area contributed by atoms with E-state index in [1.165, 1.54) is 12.5 Å². The Labute approximate surface area is 127 Å². The van der Waals surface area contributed by atoms with Gasteiger partial charge in [0, 0.05) is 36.5 Å². The van der Waals surface area contributed by atoms with Crippen LogP contribution in [0, 0.1) is 0 Å². The summed E-state index contributed by atoms with van der Waals surface area (Å²) in [5, 5.41) is 8.56. The van der Waals surface area contributed by atoms with Gasteiger partial charge in [0.1, 0.15) is 17.3 Å². The van der Waals surface area contributed by atoms with E-state index < -0.39 is 21.2 Å². The van der Waals surface area contributed by atoms with Crippen molar-refractivity contribution in [3.63, 3.8) is 0 Å². The van der Waals surface area contributed by atoms with Crippen molar-refractivity contribution >= 4 is 27.6 Å². The van der Waals surface area contributed by atoms with Crippen molar-refractivity contribution in [2.75, 3.05) is 23.8 Å². The van der Waals surface area contributed by atoms with Crippen molar-refractivity contribution in [3.8, 4) is 0 Å². The zero-order chi connectivity index (χ0) is 15.5. The molecule has 7 nitrogen and oxygen atoms in total. The molecule has 0 bridgehead atoms. The first-order chi connectivity index (χ1) is 9.95. The lowest BCUT2D eigenvalue weighted by Crippen LogP contribution is -2.47. The summed E-state index contributed by atoms with van der Waals surface area (Å²) in [5.74, 6) is 0.295. The molecular formula is C12H17N3O4S2. The van der Waals surface area contributed by atoms with Gasteiger partial charge in [-0.2, -0.15) is 11.8 Å². The summed E-state index contributed by atoms with van der Waals surface area (Å²) in [6, 6.07) is 0. The second kappa shape index (κ2) is 6.71. The number of sulfone groups is 1. The van der Waals surface area contributed by atoms with Gasteiger partial charge < -0.3 is 5.11 Å². The van der Waals surface area contributed by atoms with Gasteiger partial charge >= 0.3 is 5.97 Å². The summed E-state index contributed by atoms with van der Waals surface area (Å²) in [6.07, 6.45) is 2.52. The molecule has 21 heavy (non-hydrogen) atoms. The molecule has 9 heteroatoms. The van der Waals surface area contributed by atoms with E-state index in [9.17, 15) is 13.2 Å². The number of nitrogens with zero attached hydrogens (tertiary/aromatic N) is 3. The summed E-state index contributed by atoms with van der Waals surface area (Å²) in [6.45, 7) is 2.42. The fourth-order valence-electron chi connectivity index (χ4n) is 2.17. The summed E-state index contributed by atoms with van der Waals surface area (Å²) in [7, 11) is -3.21. The van der Waals surface area contributed by atoms with Crippen LogP contribution in [0.2, 0.25) is 0 Å². The van der Waals surface area contributed by atoms with Crippen molar-refractivity contribution < 1.29 is 18.3 Å². The standard InChI is InChI=1S/C12H17N3O4S2/c1-2-21(18,19)11-7-20-4-3-15(11)6-10-9(12(16)17)5-13-8-14-10/h5,8,11H,2-4,6-7H2,1H3,(H,16,17). The topological polar surface area (TPSA) is 100 Å². The largest absolute Gasteiger partial charge is 0.478 e. The highest BCUT2D eigenvalue weighted by Gasteiger charge is 2.33. The average molecular weight is 331 g/mol. The average Bonchev–Trinajstić information content (AvgIpc) is 2.48.